The van der Waals surface area contributed by atoms with Crippen LogP contribution in [-0.2, 0) is 19.6 Å². The van der Waals surface area contributed by atoms with E-state index < -0.39 is 27.7 Å². The van der Waals surface area contributed by atoms with Gasteiger partial charge in [0.25, 0.3) is 0 Å². The van der Waals surface area contributed by atoms with Gasteiger partial charge in [-0.25, -0.2) is 12.8 Å². The first-order chi connectivity index (χ1) is 15.7. The first-order valence-electron chi connectivity index (χ1n) is 10.7. The number of anilines is 1. The molecular weight excluding hydrogens is 449 g/mol. The fourth-order valence-corrected chi connectivity index (χ4v) is 5.60. The van der Waals surface area contributed by atoms with Crippen molar-refractivity contribution in [2.24, 2.45) is 0 Å². The summed E-state index contributed by atoms with van der Waals surface area (Å²) in [6.07, 6.45) is 2.60. The topological polar surface area (TPSA) is 105 Å². The lowest BCUT2D eigenvalue weighted by atomic mass is 10.0. The second kappa shape index (κ2) is 10.8. The number of carbonyl (C=O) groups excluding carboxylic acids is 2. The highest BCUT2D eigenvalue weighted by Crippen LogP contribution is 2.27. The molecule has 1 aliphatic rings. The van der Waals surface area contributed by atoms with Gasteiger partial charge in [-0.2, -0.15) is 4.31 Å². The molecule has 1 aliphatic heterocycles. The number of sulfonamides is 1. The third-order valence-electron chi connectivity index (χ3n) is 5.63. The van der Waals surface area contributed by atoms with Crippen LogP contribution in [0.15, 0.2) is 47.4 Å². The molecule has 3 rings (SSSR count). The number of hydrogen-bond donors (Lipinski definition) is 2. The van der Waals surface area contributed by atoms with Gasteiger partial charge in [0.05, 0.1) is 12.0 Å². The molecule has 10 heteroatoms. The van der Waals surface area contributed by atoms with Gasteiger partial charge in [-0.1, -0.05) is 6.42 Å². The average molecular weight is 478 g/mol. The number of halogens is 1. The molecule has 33 heavy (non-hydrogen) atoms. The molecule has 0 aromatic heterocycles. The summed E-state index contributed by atoms with van der Waals surface area (Å²) in [6, 6.07) is 10.00. The number of aryl methyl sites for hydroxylation is 1. The second-order valence-electron chi connectivity index (χ2n) is 7.90. The molecule has 1 atom stereocenters. The Hall–Kier alpha value is -2.98. The van der Waals surface area contributed by atoms with Gasteiger partial charge in [-0.3, -0.25) is 9.59 Å². The van der Waals surface area contributed by atoms with Gasteiger partial charge >= 0.3 is 11.8 Å². The molecule has 2 amide bonds. The van der Waals surface area contributed by atoms with Gasteiger partial charge in [0, 0.05) is 24.8 Å². The Labute approximate surface area is 193 Å². The highest BCUT2D eigenvalue weighted by atomic mass is 32.2. The SMILES string of the molecule is COc1ccc(NC(=O)C(=O)NCCC2CCCCN2S(=O)(=O)c2ccc(F)c(C)c2)cc1. The molecule has 0 spiro atoms. The Balaban J connectivity index is 1.57. The zero-order chi connectivity index (χ0) is 24.0. The second-order valence-corrected chi connectivity index (χ2v) is 9.79. The number of rotatable bonds is 7. The van der Waals surface area contributed by atoms with E-state index in [-0.39, 0.29) is 23.0 Å². The van der Waals surface area contributed by atoms with Crippen molar-refractivity contribution in [3.63, 3.8) is 0 Å². The van der Waals surface area contributed by atoms with Crippen LogP contribution in [0.2, 0.25) is 0 Å². The number of nitrogens with zero attached hydrogens (tertiary/aromatic N) is 1. The maximum absolute atomic E-state index is 13.6. The number of amides is 2. The summed E-state index contributed by atoms with van der Waals surface area (Å²) in [7, 11) is -2.27. The third-order valence-corrected chi connectivity index (χ3v) is 7.57. The van der Waals surface area contributed by atoms with Crippen molar-refractivity contribution in [3.8, 4) is 5.75 Å². The number of ether oxygens (including phenoxy) is 1. The molecule has 1 unspecified atom stereocenters. The standard InChI is InChI=1S/C23H28FN3O5S/c1-16-15-20(10-11-21(16)24)33(30,31)27-14-4-3-5-18(27)12-13-25-22(28)23(29)26-17-6-8-19(32-2)9-7-17/h6-11,15,18H,3-5,12-14H2,1-2H3,(H,25,28)(H,26,29). The Morgan fingerprint density at radius 3 is 2.52 bits per heavy atom. The summed E-state index contributed by atoms with van der Waals surface area (Å²) < 4.78 is 46.4. The summed E-state index contributed by atoms with van der Waals surface area (Å²) in [5.74, 6) is -1.44. The third kappa shape index (κ3) is 6.08. The quantitative estimate of drug-likeness (QED) is 0.597. The van der Waals surface area contributed by atoms with Crippen molar-refractivity contribution in [1.82, 2.24) is 9.62 Å². The molecule has 2 aromatic carbocycles. The van der Waals surface area contributed by atoms with Crippen molar-refractivity contribution < 1.29 is 27.1 Å². The van der Waals surface area contributed by atoms with Crippen LogP contribution in [-0.4, -0.2) is 50.8 Å². The van der Waals surface area contributed by atoms with Crippen molar-refractivity contribution in [2.75, 3.05) is 25.5 Å². The Kier molecular flexibility index (Phi) is 8.04. The summed E-state index contributed by atoms with van der Waals surface area (Å²) in [6.45, 7) is 2.03. The lowest BCUT2D eigenvalue weighted by Crippen LogP contribution is -2.45. The van der Waals surface area contributed by atoms with E-state index in [2.05, 4.69) is 10.6 Å². The first kappa shape index (κ1) is 24.7. The van der Waals surface area contributed by atoms with E-state index in [9.17, 15) is 22.4 Å². The predicted octanol–water partition coefficient (Wildman–Crippen LogP) is 2.83. The number of piperidine rings is 1. The van der Waals surface area contributed by atoms with Crippen LogP contribution in [0.3, 0.4) is 0 Å². The number of carbonyl (C=O) groups is 2. The van der Waals surface area contributed by atoms with Gasteiger partial charge < -0.3 is 15.4 Å². The van der Waals surface area contributed by atoms with E-state index in [1.165, 1.54) is 30.5 Å². The summed E-state index contributed by atoms with van der Waals surface area (Å²) in [5.41, 5.74) is 0.717. The van der Waals surface area contributed by atoms with Gasteiger partial charge in [0.1, 0.15) is 11.6 Å². The van der Waals surface area contributed by atoms with E-state index in [0.29, 0.717) is 30.8 Å². The van der Waals surface area contributed by atoms with Crippen LogP contribution < -0.4 is 15.4 Å². The maximum atomic E-state index is 13.6. The van der Waals surface area contributed by atoms with Crippen molar-refractivity contribution in [3.05, 3.63) is 53.8 Å². The van der Waals surface area contributed by atoms with E-state index in [1.54, 1.807) is 24.3 Å². The normalized spacial score (nSPS) is 16.8. The van der Waals surface area contributed by atoms with Gasteiger partial charge in [0.2, 0.25) is 10.0 Å². The minimum atomic E-state index is -3.80. The van der Waals surface area contributed by atoms with Crippen molar-refractivity contribution in [2.45, 2.75) is 43.5 Å². The predicted molar refractivity (Wildman–Crippen MR) is 122 cm³/mol. The Morgan fingerprint density at radius 1 is 1.12 bits per heavy atom. The van der Waals surface area contributed by atoms with Crippen LogP contribution >= 0.6 is 0 Å². The van der Waals surface area contributed by atoms with Crippen LogP contribution in [0, 0.1) is 12.7 Å². The zero-order valence-corrected chi connectivity index (χ0v) is 19.5. The van der Waals surface area contributed by atoms with Crippen molar-refractivity contribution in [1.29, 1.82) is 0 Å². The molecule has 1 fully saturated rings. The van der Waals surface area contributed by atoms with Gasteiger partial charge in [0.15, 0.2) is 0 Å². The molecule has 8 nitrogen and oxygen atoms in total. The fraction of sp³-hybridized carbons (Fsp3) is 0.391. The minimum absolute atomic E-state index is 0.0520. The lowest BCUT2D eigenvalue weighted by molar-refractivity contribution is -0.136. The van der Waals surface area contributed by atoms with Crippen LogP contribution in [0.4, 0.5) is 10.1 Å². The molecule has 1 saturated heterocycles. The molecule has 0 bridgehead atoms. The monoisotopic (exact) mass is 477 g/mol. The lowest BCUT2D eigenvalue weighted by Gasteiger charge is -2.34. The van der Waals surface area contributed by atoms with E-state index >= 15 is 0 Å². The maximum Gasteiger partial charge on any atom is 0.313 e. The number of hydrogen-bond acceptors (Lipinski definition) is 5. The summed E-state index contributed by atoms with van der Waals surface area (Å²) in [5, 5.41) is 5.06. The zero-order valence-electron chi connectivity index (χ0n) is 18.6. The molecular formula is C23H28FN3O5S. The van der Waals surface area contributed by atoms with Crippen molar-refractivity contribution >= 4 is 27.5 Å². The van der Waals surface area contributed by atoms with Crippen LogP contribution in [0.1, 0.15) is 31.2 Å². The molecule has 1 heterocycles. The smallest absolute Gasteiger partial charge is 0.313 e. The molecule has 2 aromatic rings. The van der Waals surface area contributed by atoms with Gasteiger partial charge in [-0.15, -0.1) is 0 Å². The molecule has 0 saturated carbocycles. The highest BCUT2D eigenvalue weighted by Gasteiger charge is 2.33. The van der Waals surface area contributed by atoms with E-state index in [1.807, 2.05) is 0 Å². The summed E-state index contributed by atoms with van der Waals surface area (Å²) in [4.78, 5) is 24.3. The Morgan fingerprint density at radius 2 is 1.85 bits per heavy atom. The van der Waals surface area contributed by atoms with Crippen LogP contribution in [0.25, 0.3) is 0 Å². The van der Waals surface area contributed by atoms with E-state index in [0.717, 1.165) is 18.9 Å². The largest absolute Gasteiger partial charge is 0.497 e. The molecule has 178 valence electrons. The highest BCUT2D eigenvalue weighted by molar-refractivity contribution is 7.89. The number of nitrogens with one attached hydrogen (secondary N) is 2. The van der Waals surface area contributed by atoms with E-state index in [4.69, 9.17) is 4.74 Å². The first-order valence-corrected chi connectivity index (χ1v) is 12.2. The minimum Gasteiger partial charge on any atom is -0.497 e. The molecule has 0 radical (unpaired) electrons. The number of methoxy groups -OCH3 is 1. The van der Waals surface area contributed by atoms with Gasteiger partial charge in [-0.05, 0) is 74.2 Å². The van der Waals surface area contributed by atoms with Crippen LogP contribution in [0.5, 0.6) is 5.75 Å². The molecule has 0 aliphatic carbocycles. The molecule has 2 N–H and O–H groups in total. The fourth-order valence-electron chi connectivity index (χ4n) is 3.79. The average Bonchev–Trinajstić information content (AvgIpc) is 2.81. The number of benzene rings is 2. The Bertz CT molecular complexity index is 1110. The summed E-state index contributed by atoms with van der Waals surface area (Å²) >= 11 is 0.